The molecular formula is C20H24N2O4. The Morgan fingerprint density at radius 1 is 0.923 bits per heavy atom. The topological polar surface area (TPSA) is 76.7 Å². The van der Waals surface area contributed by atoms with E-state index in [1.165, 1.54) is 7.11 Å². The van der Waals surface area contributed by atoms with Gasteiger partial charge in [-0.3, -0.25) is 4.79 Å². The number of hydrogen-bond acceptors (Lipinski definition) is 4. The van der Waals surface area contributed by atoms with Crippen LogP contribution in [0.1, 0.15) is 18.1 Å². The van der Waals surface area contributed by atoms with Crippen LogP contribution in [0.5, 0.6) is 0 Å². The van der Waals surface area contributed by atoms with E-state index in [0.29, 0.717) is 6.42 Å². The summed E-state index contributed by atoms with van der Waals surface area (Å²) in [6, 6.07) is 18.1. The van der Waals surface area contributed by atoms with Crippen LogP contribution in [0.15, 0.2) is 60.7 Å². The van der Waals surface area contributed by atoms with Crippen LogP contribution in [0.4, 0.5) is 4.79 Å². The van der Waals surface area contributed by atoms with Gasteiger partial charge >= 0.3 is 6.09 Å². The number of hydrogen-bond donors (Lipinski definition) is 2. The van der Waals surface area contributed by atoms with Crippen LogP contribution >= 0.6 is 0 Å². The molecule has 0 radical (unpaired) electrons. The molecule has 2 aromatic rings. The predicted molar refractivity (Wildman–Crippen MR) is 98.3 cm³/mol. The van der Waals surface area contributed by atoms with Crippen LogP contribution < -0.4 is 10.6 Å². The van der Waals surface area contributed by atoms with Gasteiger partial charge in [-0.15, -0.1) is 0 Å². The van der Waals surface area contributed by atoms with Crippen molar-refractivity contribution in [1.29, 1.82) is 0 Å². The molecule has 138 valence electrons. The van der Waals surface area contributed by atoms with Crippen LogP contribution in [-0.4, -0.2) is 31.4 Å². The minimum Gasteiger partial charge on any atom is -0.445 e. The Bertz CT molecular complexity index is 691. The number of methoxy groups -OCH3 is 1. The lowest BCUT2D eigenvalue weighted by molar-refractivity contribution is -0.126. The van der Waals surface area contributed by atoms with Crippen molar-refractivity contribution in [2.45, 2.75) is 32.2 Å². The average molecular weight is 356 g/mol. The summed E-state index contributed by atoms with van der Waals surface area (Å²) in [5, 5.41) is 5.33. The van der Waals surface area contributed by atoms with Crippen molar-refractivity contribution in [1.82, 2.24) is 10.6 Å². The second-order valence-electron chi connectivity index (χ2n) is 5.83. The first-order valence-electron chi connectivity index (χ1n) is 8.43. The van der Waals surface area contributed by atoms with E-state index >= 15 is 0 Å². The van der Waals surface area contributed by atoms with E-state index < -0.39 is 18.4 Å². The lowest BCUT2D eigenvalue weighted by atomic mass is 10.1. The Balaban J connectivity index is 1.97. The zero-order valence-electron chi connectivity index (χ0n) is 15.0. The van der Waals surface area contributed by atoms with Gasteiger partial charge in [0.05, 0.1) is 0 Å². The Morgan fingerprint density at radius 3 is 2.08 bits per heavy atom. The molecule has 26 heavy (non-hydrogen) atoms. The van der Waals surface area contributed by atoms with Crippen molar-refractivity contribution in [2.24, 2.45) is 0 Å². The summed E-state index contributed by atoms with van der Waals surface area (Å²) in [6.45, 7) is 1.85. The Labute approximate surface area is 153 Å². The summed E-state index contributed by atoms with van der Waals surface area (Å²) >= 11 is 0. The van der Waals surface area contributed by atoms with Gasteiger partial charge in [-0.05, 0) is 18.1 Å². The maximum atomic E-state index is 12.5. The number of rotatable bonds is 8. The fourth-order valence-corrected chi connectivity index (χ4v) is 2.33. The van der Waals surface area contributed by atoms with Crippen LogP contribution in [0.2, 0.25) is 0 Å². The third-order valence-electron chi connectivity index (χ3n) is 3.80. The summed E-state index contributed by atoms with van der Waals surface area (Å²) < 4.78 is 10.3. The number of carbonyl (C=O) groups is 2. The molecule has 0 saturated carbocycles. The molecule has 2 rings (SSSR count). The van der Waals surface area contributed by atoms with Gasteiger partial charge in [-0.1, -0.05) is 60.7 Å². The van der Waals surface area contributed by atoms with Gasteiger partial charge in [-0.2, -0.15) is 0 Å². The first-order valence-corrected chi connectivity index (χ1v) is 8.43. The van der Waals surface area contributed by atoms with Gasteiger partial charge in [0.25, 0.3) is 0 Å². The van der Waals surface area contributed by atoms with Crippen LogP contribution in [-0.2, 0) is 27.3 Å². The zero-order valence-corrected chi connectivity index (χ0v) is 15.0. The number of alkyl carbamates (subject to hydrolysis) is 1. The molecule has 0 fully saturated rings. The number of ether oxygens (including phenoxy) is 2. The lowest BCUT2D eigenvalue weighted by Gasteiger charge is -2.20. The molecule has 6 heteroatoms. The minimum absolute atomic E-state index is 0.140. The molecule has 0 saturated heterocycles. The van der Waals surface area contributed by atoms with Gasteiger partial charge in [0.2, 0.25) is 5.91 Å². The molecule has 2 aromatic carbocycles. The molecule has 0 aromatic heterocycles. The van der Waals surface area contributed by atoms with Gasteiger partial charge in [0.15, 0.2) is 0 Å². The maximum Gasteiger partial charge on any atom is 0.408 e. The monoisotopic (exact) mass is 356 g/mol. The second-order valence-corrected chi connectivity index (χ2v) is 5.83. The molecule has 0 unspecified atom stereocenters. The molecule has 0 bridgehead atoms. The molecule has 6 nitrogen and oxygen atoms in total. The number of nitrogens with one attached hydrogen (secondary N) is 2. The second kappa shape index (κ2) is 10.2. The molecule has 2 atom stereocenters. The molecule has 0 aliphatic rings. The van der Waals surface area contributed by atoms with Crippen molar-refractivity contribution in [2.75, 3.05) is 7.11 Å². The highest BCUT2D eigenvalue weighted by Gasteiger charge is 2.23. The Morgan fingerprint density at radius 2 is 1.50 bits per heavy atom. The molecule has 2 amide bonds. The van der Waals surface area contributed by atoms with E-state index in [0.717, 1.165) is 11.1 Å². The number of carbonyl (C=O) groups excluding carboxylic acids is 2. The predicted octanol–water partition coefficient (Wildman–Crippen LogP) is 2.63. The highest BCUT2D eigenvalue weighted by molar-refractivity contribution is 5.86. The smallest absolute Gasteiger partial charge is 0.408 e. The summed E-state index contributed by atoms with van der Waals surface area (Å²) in [7, 11) is 1.50. The van der Waals surface area contributed by atoms with E-state index in [4.69, 9.17) is 9.47 Å². The zero-order chi connectivity index (χ0) is 18.8. The quantitative estimate of drug-likeness (QED) is 0.713. The minimum atomic E-state index is -0.765. The first-order chi connectivity index (χ1) is 12.6. The van der Waals surface area contributed by atoms with Crippen molar-refractivity contribution in [3.8, 4) is 0 Å². The summed E-state index contributed by atoms with van der Waals surface area (Å²) in [5.74, 6) is -0.333. The van der Waals surface area contributed by atoms with E-state index in [9.17, 15) is 9.59 Å². The molecule has 0 spiro atoms. The van der Waals surface area contributed by atoms with E-state index in [1.807, 2.05) is 60.7 Å². The van der Waals surface area contributed by atoms with Crippen LogP contribution in [0, 0.1) is 0 Å². The standard InChI is InChI=1S/C20H24N2O4/c1-15(25-2)21-19(23)18(13-16-9-5-3-6-10-16)22-20(24)26-14-17-11-7-4-8-12-17/h3-12,15,18H,13-14H2,1-2H3,(H,21,23)(H,22,24)/t15-,18-/m0/s1. The number of amides is 2. The van der Waals surface area contributed by atoms with Crippen molar-refractivity contribution >= 4 is 12.0 Å². The molecular weight excluding hydrogens is 332 g/mol. The molecule has 0 heterocycles. The van der Waals surface area contributed by atoms with Gasteiger partial charge in [0.1, 0.15) is 18.9 Å². The SMILES string of the molecule is CO[C@@H](C)NC(=O)[C@H](Cc1ccccc1)NC(=O)OCc1ccccc1. The summed E-state index contributed by atoms with van der Waals surface area (Å²) in [6.07, 6.45) is -0.748. The Kier molecular flexibility index (Phi) is 7.64. The van der Waals surface area contributed by atoms with E-state index in [-0.39, 0.29) is 12.5 Å². The molecule has 0 aliphatic heterocycles. The third-order valence-corrected chi connectivity index (χ3v) is 3.80. The van der Waals surface area contributed by atoms with Gasteiger partial charge < -0.3 is 20.1 Å². The van der Waals surface area contributed by atoms with Crippen molar-refractivity contribution in [3.05, 3.63) is 71.8 Å². The molecule has 2 N–H and O–H groups in total. The third kappa shape index (κ3) is 6.57. The molecule has 0 aliphatic carbocycles. The lowest BCUT2D eigenvalue weighted by Crippen LogP contribution is -2.50. The van der Waals surface area contributed by atoms with Crippen molar-refractivity contribution < 1.29 is 19.1 Å². The maximum absolute atomic E-state index is 12.5. The van der Waals surface area contributed by atoms with E-state index in [1.54, 1.807) is 6.92 Å². The number of benzene rings is 2. The average Bonchev–Trinajstić information content (AvgIpc) is 2.67. The van der Waals surface area contributed by atoms with Crippen LogP contribution in [0.25, 0.3) is 0 Å². The Hall–Kier alpha value is -2.86. The summed E-state index contributed by atoms with van der Waals surface area (Å²) in [4.78, 5) is 24.6. The fourth-order valence-electron chi connectivity index (χ4n) is 2.33. The largest absolute Gasteiger partial charge is 0.445 e. The van der Waals surface area contributed by atoms with Crippen LogP contribution in [0.3, 0.4) is 0 Å². The highest BCUT2D eigenvalue weighted by atomic mass is 16.5. The highest BCUT2D eigenvalue weighted by Crippen LogP contribution is 2.06. The summed E-state index contributed by atoms with van der Waals surface area (Å²) in [5.41, 5.74) is 1.81. The van der Waals surface area contributed by atoms with Gasteiger partial charge in [0, 0.05) is 13.5 Å². The first kappa shape index (κ1) is 19.5. The van der Waals surface area contributed by atoms with Crippen molar-refractivity contribution in [3.63, 3.8) is 0 Å². The fraction of sp³-hybridized carbons (Fsp3) is 0.300. The van der Waals surface area contributed by atoms with Gasteiger partial charge in [-0.25, -0.2) is 4.79 Å². The van der Waals surface area contributed by atoms with E-state index in [2.05, 4.69) is 10.6 Å². The normalized spacial score (nSPS) is 12.7.